The van der Waals surface area contributed by atoms with Gasteiger partial charge in [-0.2, -0.15) is 13.2 Å². The number of aryl methyl sites for hydroxylation is 1. The molecule has 0 aliphatic carbocycles. The average Bonchev–Trinajstić information content (AvgIpc) is 3.57. The van der Waals surface area contributed by atoms with E-state index in [2.05, 4.69) is 9.97 Å². The molecule has 1 aliphatic rings. The molecule has 1 fully saturated rings. The van der Waals surface area contributed by atoms with Crippen molar-refractivity contribution in [3.8, 4) is 11.3 Å². The van der Waals surface area contributed by atoms with E-state index in [1.165, 1.54) is 48.5 Å². The molecule has 214 valence electrons. The van der Waals surface area contributed by atoms with Crippen LogP contribution in [0.3, 0.4) is 0 Å². The molecule has 1 saturated heterocycles. The Bertz CT molecular complexity index is 1610. The molecule has 0 spiro atoms. The molecular formula is C30H28F4N4O3. The van der Waals surface area contributed by atoms with Crippen molar-refractivity contribution in [3.05, 3.63) is 77.3 Å². The van der Waals surface area contributed by atoms with E-state index < -0.39 is 17.4 Å². The Kier molecular flexibility index (Phi) is 7.46. The van der Waals surface area contributed by atoms with Crippen LogP contribution in [-0.4, -0.2) is 45.3 Å². The van der Waals surface area contributed by atoms with Gasteiger partial charge in [0, 0.05) is 54.8 Å². The molecule has 0 bridgehead atoms. The summed E-state index contributed by atoms with van der Waals surface area (Å²) in [4.78, 5) is 33.8. The van der Waals surface area contributed by atoms with Crippen molar-refractivity contribution in [2.75, 3.05) is 18.8 Å². The summed E-state index contributed by atoms with van der Waals surface area (Å²) in [6.45, 7) is 1.94. The van der Waals surface area contributed by atoms with Gasteiger partial charge in [0.1, 0.15) is 23.0 Å². The Balaban J connectivity index is 1.37. The molecule has 4 aromatic rings. The first kappa shape index (κ1) is 28.1. The summed E-state index contributed by atoms with van der Waals surface area (Å²) in [7, 11) is 0. The van der Waals surface area contributed by atoms with Crippen LogP contribution in [0.1, 0.15) is 53.4 Å². The number of anilines is 1. The maximum Gasteiger partial charge on any atom is 0.417 e. The smallest absolute Gasteiger partial charge is 0.417 e. The van der Waals surface area contributed by atoms with E-state index in [1.807, 2.05) is 0 Å². The quantitative estimate of drug-likeness (QED) is 0.193. The Hall–Kier alpha value is -4.41. The zero-order valence-corrected chi connectivity index (χ0v) is 22.2. The summed E-state index contributed by atoms with van der Waals surface area (Å²) in [5.41, 5.74) is 4.11. The lowest BCUT2D eigenvalue weighted by Crippen LogP contribution is -2.43. The first-order valence-corrected chi connectivity index (χ1v) is 13.1. The molecule has 3 aromatic heterocycles. The fraction of sp³-hybridized carbons (Fsp3) is 0.300. The zero-order valence-electron chi connectivity index (χ0n) is 22.2. The number of halogens is 4. The molecule has 5 rings (SSSR count). The van der Waals surface area contributed by atoms with E-state index in [1.54, 1.807) is 18.2 Å². The number of pyridine rings is 1. The van der Waals surface area contributed by atoms with Gasteiger partial charge >= 0.3 is 6.18 Å². The Morgan fingerprint density at radius 3 is 2.61 bits per heavy atom. The number of piperidine rings is 1. The fourth-order valence-electron chi connectivity index (χ4n) is 4.82. The number of alkyl halides is 4. The molecule has 11 heteroatoms. The largest absolute Gasteiger partial charge is 0.461 e. The van der Waals surface area contributed by atoms with Crippen molar-refractivity contribution >= 4 is 34.5 Å². The zero-order chi connectivity index (χ0) is 29.4. The van der Waals surface area contributed by atoms with Crippen LogP contribution in [0, 0.1) is 0 Å². The molecule has 1 aromatic carbocycles. The van der Waals surface area contributed by atoms with Gasteiger partial charge in [-0.15, -0.1) is 0 Å². The molecule has 3 N–H and O–H groups in total. The Morgan fingerprint density at radius 2 is 1.93 bits per heavy atom. The third kappa shape index (κ3) is 6.34. The van der Waals surface area contributed by atoms with Crippen molar-refractivity contribution < 1.29 is 31.6 Å². The van der Waals surface area contributed by atoms with E-state index in [9.17, 15) is 27.2 Å². The number of nitrogen functional groups attached to an aromatic ring is 1. The van der Waals surface area contributed by atoms with Crippen LogP contribution in [0.2, 0.25) is 0 Å². The predicted molar refractivity (Wildman–Crippen MR) is 147 cm³/mol. The van der Waals surface area contributed by atoms with E-state index in [-0.39, 0.29) is 72.9 Å². The van der Waals surface area contributed by atoms with Crippen molar-refractivity contribution in [2.24, 2.45) is 0 Å². The normalized spacial score (nSPS) is 15.6. The molecule has 1 amide bonds. The molecule has 0 unspecified atom stereocenters. The first-order chi connectivity index (χ1) is 19.4. The van der Waals surface area contributed by atoms with E-state index in [0.29, 0.717) is 22.5 Å². The number of aromatic amines is 1. The number of likely N-dealkylation sites (tertiary alicyclic amines) is 1. The van der Waals surface area contributed by atoms with Gasteiger partial charge in [-0.1, -0.05) is 0 Å². The maximum atomic E-state index is 14.2. The average molecular weight is 569 g/mol. The highest BCUT2D eigenvalue weighted by Gasteiger charge is 2.36. The lowest BCUT2D eigenvalue weighted by atomic mass is 9.95. The number of amides is 1. The third-order valence-electron chi connectivity index (χ3n) is 7.26. The fourth-order valence-corrected chi connectivity index (χ4v) is 4.82. The van der Waals surface area contributed by atoms with Gasteiger partial charge in [-0.05, 0) is 73.9 Å². The van der Waals surface area contributed by atoms with Crippen LogP contribution in [0.15, 0.2) is 59.3 Å². The number of nitrogens with two attached hydrogens (primary N) is 1. The Labute approximate surface area is 233 Å². The number of allylic oxidation sites excluding steroid dienone is 1. The minimum Gasteiger partial charge on any atom is -0.461 e. The van der Waals surface area contributed by atoms with Crippen LogP contribution in [0.4, 0.5) is 23.4 Å². The first-order valence-electron chi connectivity index (χ1n) is 13.1. The number of rotatable bonds is 7. The third-order valence-corrected chi connectivity index (χ3v) is 7.26. The van der Waals surface area contributed by atoms with E-state index >= 15 is 0 Å². The number of furan rings is 1. The predicted octanol–water partition coefficient (Wildman–Crippen LogP) is 6.60. The number of carbonyl (C=O) groups is 2. The molecule has 1 aliphatic heterocycles. The van der Waals surface area contributed by atoms with E-state index in [4.69, 9.17) is 10.2 Å². The number of ketones is 1. The molecule has 0 radical (unpaired) electrons. The highest BCUT2D eigenvalue weighted by atomic mass is 19.4. The van der Waals surface area contributed by atoms with Crippen molar-refractivity contribution in [3.63, 3.8) is 0 Å². The minimum atomic E-state index is -4.69. The SMILES string of the molecule is CC1(F)CCN(C(=O)c2c[nH]c3cc(C(F)(F)F)c(-c4ccc(CCC(=O)/C=C/c5ccc(N)nc5)o4)cc23)CC1. The van der Waals surface area contributed by atoms with Crippen LogP contribution in [0.25, 0.3) is 28.3 Å². The van der Waals surface area contributed by atoms with Gasteiger partial charge in [-0.3, -0.25) is 9.59 Å². The van der Waals surface area contributed by atoms with Crippen LogP contribution < -0.4 is 5.73 Å². The topological polar surface area (TPSA) is 105 Å². The maximum absolute atomic E-state index is 14.2. The number of fused-ring (bicyclic) bond motifs is 1. The van der Waals surface area contributed by atoms with Gasteiger partial charge in [0.25, 0.3) is 5.91 Å². The summed E-state index contributed by atoms with van der Waals surface area (Å²) in [6.07, 6.45) is 1.87. The molecule has 4 heterocycles. The van der Waals surface area contributed by atoms with Gasteiger partial charge in [0.2, 0.25) is 0 Å². The number of hydrogen-bond acceptors (Lipinski definition) is 5. The molecular weight excluding hydrogens is 540 g/mol. The number of carbonyl (C=O) groups excluding carboxylic acids is 2. The summed E-state index contributed by atoms with van der Waals surface area (Å²) in [5.74, 6) is 0.104. The molecule has 0 saturated carbocycles. The summed E-state index contributed by atoms with van der Waals surface area (Å²) in [5, 5.41) is 0.307. The standard InChI is InChI=1S/C30H28F4N4O3/c1-29(31)10-12-38(13-11-29)28(40)23-17-36-25-15-24(30(32,33)34)22(14-21(23)25)26-8-7-20(41-26)6-5-19(39)4-2-18-3-9-27(35)37-16-18/h2-4,7-9,14-17,36H,5-6,10-13H2,1H3,(H2,35,37)/b4-2+. The number of benzene rings is 1. The highest BCUT2D eigenvalue weighted by Crippen LogP contribution is 2.41. The van der Waals surface area contributed by atoms with Gasteiger partial charge in [-0.25, -0.2) is 9.37 Å². The number of nitrogens with zero attached hydrogens (tertiary/aromatic N) is 2. The highest BCUT2D eigenvalue weighted by molar-refractivity contribution is 6.08. The molecule has 0 atom stereocenters. The molecule has 7 nitrogen and oxygen atoms in total. The second kappa shape index (κ2) is 10.9. The van der Waals surface area contributed by atoms with Crippen LogP contribution in [-0.2, 0) is 17.4 Å². The number of nitrogens with one attached hydrogen (secondary N) is 1. The number of aromatic nitrogens is 2. The summed E-state index contributed by atoms with van der Waals surface area (Å²) in [6, 6.07) is 8.54. The number of H-pyrrole nitrogens is 1. The second-order valence-corrected chi connectivity index (χ2v) is 10.4. The van der Waals surface area contributed by atoms with Crippen molar-refractivity contribution in [1.82, 2.24) is 14.9 Å². The van der Waals surface area contributed by atoms with Gasteiger partial charge < -0.3 is 20.0 Å². The summed E-state index contributed by atoms with van der Waals surface area (Å²) < 4.78 is 62.2. The molecule has 41 heavy (non-hydrogen) atoms. The lowest BCUT2D eigenvalue weighted by molar-refractivity contribution is -0.137. The van der Waals surface area contributed by atoms with Gasteiger partial charge in [0.15, 0.2) is 5.78 Å². The van der Waals surface area contributed by atoms with E-state index in [0.717, 1.165) is 6.07 Å². The Morgan fingerprint density at radius 1 is 1.17 bits per heavy atom. The lowest BCUT2D eigenvalue weighted by Gasteiger charge is -2.34. The van der Waals surface area contributed by atoms with Crippen molar-refractivity contribution in [1.29, 1.82) is 0 Å². The second-order valence-electron chi connectivity index (χ2n) is 10.4. The number of hydrogen-bond donors (Lipinski definition) is 2. The van der Waals surface area contributed by atoms with Crippen LogP contribution in [0.5, 0.6) is 0 Å². The van der Waals surface area contributed by atoms with Crippen molar-refractivity contribution in [2.45, 2.75) is 44.5 Å². The minimum absolute atomic E-state index is 0.0315. The van der Waals surface area contributed by atoms with Gasteiger partial charge in [0.05, 0.1) is 11.1 Å². The summed E-state index contributed by atoms with van der Waals surface area (Å²) >= 11 is 0. The monoisotopic (exact) mass is 568 g/mol. The van der Waals surface area contributed by atoms with Crippen LogP contribution >= 0.6 is 0 Å².